The lowest BCUT2D eigenvalue weighted by Gasteiger charge is -2.30. The molecule has 6 nitrogen and oxygen atoms in total. The summed E-state index contributed by atoms with van der Waals surface area (Å²) in [7, 11) is 0. The first kappa shape index (κ1) is 27.1. The maximum absolute atomic E-state index is 13.3. The van der Waals surface area contributed by atoms with E-state index in [9.17, 15) is 23.1 Å². The fraction of sp³-hybridized carbons (Fsp3) is 0.536. The molecule has 0 spiro atoms. The van der Waals surface area contributed by atoms with Crippen LogP contribution < -0.4 is 15.0 Å². The predicted molar refractivity (Wildman–Crippen MR) is 139 cm³/mol. The SMILES string of the molecule is O=C(NC(CN1CCCC1)C(O)c1ccc(OC2CC2)c(Cl)c1)C1CCN(c2ccc(C(F)(F)F)cc2)C1. The first-order chi connectivity index (χ1) is 18.2. The van der Waals surface area contributed by atoms with Crippen LogP contribution in [0.5, 0.6) is 5.75 Å². The van der Waals surface area contributed by atoms with Gasteiger partial charge in [0.1, 0.15) is 11.9 Å². The molecule has 2 N–H and O–H groups in total. The van der Waals surface area contributed by atoms with E-state index in [0.29, 0.717) is 48.1 Å². The molecule has 1 saturated carbocycles. The maximum atomic E-state index is 13.3. The number of ether oxygens (including phenoxy) is 1. The van der Waals surface area contributed by atoms with Crippen molar-refractivity contribution >= 4 is 23.2 Å². The number of rotatable bonds is 9. The van der Waals surface area contributed by atoms with Crippen LogP contribution in [0.4, 0.5) is 18.9 Å². The van der Waals surface area contributed by atoms with Crippen LogP contribution in [0.1, 0.15) is 49.3 Å². The largest absolute Gasteiger partial charge is 0.489 e. The normalized spacial score (nSPS) is 21.9. The molecule has 2 aromatic rings. The van der Waals surface area contributed by atoms with E-state index in [2.05, 4.69) is 10.2 Å². The molecule has 1 aliphatic carbocycles. The number of carbonyl (C=O) groups is 1. The number of hydrogen-bond donors (Lipinski definition) is 2. The van der Waals surface area contributed by atoms with Crippen LogP contribution in [0, 0.1) is 5.92 Å². The van der Waals surface area contributed by atoms with E-state index < -0.39 is 23.9 Å². The second-order valence-electron chi connectivity index (χ2n) is 10.6. The van der Waals surface area contributed by atoms with E-state index in [1.807, 2.05) is 4.90 Å². The second kappa shape index (κ2) is 11.3. The Balaban J connectivity index is 1.24. The fourth-order valence-corrected chi connectivity index (χ4v) is 5.47. The van der Waals surface area contributed by atoms with Crippen LogP contribution in [-0.2, 0) is 11.0 Å². The second-order valence-corrected chi connectivity index (χ2v) is 11.0. The molecule has 10 heteroatoms. The monoisotopic (exact) mass is 551 g/mol. The Hall–Kier alpha value is -2.49. The van der Waals surface area contributed by atoms with Crippen LogP contribution in [-0.4, -0.2) is 60.8 Å². The van der Waals surface area contributed by atoms with Crippen LogP contribution in [0.15, 0.2) is 42.5 Å². The van der Waals surface area contributed by atoms with Gasteiger partial charge in [-0.2, -0.15) is 13.2 Å². The highest BCUT2D eigenvalue weighted by Crippen LogP contribution is 2.35. The number of aliphatic hydroxyl groups excluding tert-OH is 1. The van der Waals surface area contributed by atoms with Gasteiger partial charge < -0.3 is 25.0 Å². The summed E-state index contributed by atoms with van der Waals surface area (Å²) in [5.74, 6) is 0.102. The zero-order chi connectivity index (χ0) is 26.9. The number of nitrogens with one attached hydrogen (secondary N) is 1. The molecule has 0 aromatic heterocycles. The number of benzene rings is 2. The average Bonchev–Trinajstić information content (AvgIpc) is 3.33. The van der Waals surface area contributed by atoms with Gasteiger partial charge in [0.05, 0.1) is 28.6 Å². The van der Waals surface area contributed by atoms with Crippen LogP contribution in [0.2, 0.25) is 5.02 Å². The van der Waals surface area contributed by atoms with Gasteiger partial charge in [-0.05, 0) is 87.2 Å². The van der Waals surface area contributed by atoms with E-state index in [4.69, 9.17) is 16.3 Å². The van der Waals surface area contributed by atoms with Gasteiger partial charge in [-0.15, -0.1) is 0 Å². The molecule has 5 rings (SSSR count). The van der Waals surface area contributed by atoms with Crippen molar-refractivity contribution in [3.63, 3.8) is 0 Å². The lowest BCUT2D eigenvalue weighted by Crippen LogP contribution is -2.48. The summed E-state index contributed by atoms with van der Waals surface area (Å²) in [5.41, 5.74) is 0.575. The predicted octanol–water partition coefficient (Wildman–Crippen LogP) is 5.04. The molecule has 3 fully saturated rings. The third-order valence-electron chi connectivity index (χ3n) is 7.60. The lowest BCUT2D eigenvalue weighted by atomic mass is 10.00. The van der Waals surface area contributed by atoms with Crippen LogP contribution in [0.3, 0.4) is 0 Å². The van der Waals surface area contributed by atoms with Crippen molar-refractivity contribution in [3.8, 4) is 5.75 Å². The number of anilines is 1. The van der Waals surface area contributed by atoms with E-state index >= 15 is 0 Å². The molecular weight excluding hydrogens is 519 g/mol. The highest BCUT2D eigenvalue weighted by Gasteiger charge is 2.34. The summed E-state index contributed by atoms with van der Waals surface area (Å²) < 4.78 is 44.5. The molecule has 206 valence electrons. The Bertz CT molecular complexity index is 1120. The highest BCUT2D eigenvalue weighted by molar-refractivity contribution is 6.32. The minimum Gasteiger partial charge on any atom is -0.489 e. The minimum atomic E-state index is -4.38. The summed E-state index contributed by atoms with van der Waals surface area (Å²) in [6.45, 7) is 3.32. The van der Waals surface area contributed by atoms with Gasteiger partial charge in [0.15, 0.2) is 0 Å². The van der Waals surface area contributed by atoms with Crippen LogP contribution in [0.25, 0.3) is 0 Å². The smallest absolute Gasteiger partial charge is 0.416 e. The maximum Gasteiger partial charge on any atom is 0.416 e. The van der Waals surface area contributed by atoms with E-state index in [0.717, 1.165) is 50.9 Å². The van der Waals surface area contributed by atoms with Gasteiger partial charge in [0.2, 0.25) is 5.91 Å². The van der Waals surface area contributed by atoms with Crippen molar-refractivity contribution < 1.29 is 27.8 Å². The molecule has 3 unspecified atom stereocenters. The van der Waals surface area contributed by atoms with E-state index in [-0.39, 0.29) is 17.9 Å². The van der Waals surface area contributed by atoms with Crippen molar-refractivity contribution in [1.82, 2.24) is 10.2 Å². The Morgan fingerprint density at radius 3 is 2.42 bits per heavy atom. The van der Waals surface area contributed by atoms with Gasteiger partial charge in [-0.3, -0.25) is 4.79 Å². The molecule has 0 bridgehead atoms. The van der Waals surface area contributed by atoms with Crippen molar-refractivity contribution in [1.29, 1.82) is 0 Å². The van der Waals surface area contributed by atoms with Gasteiger partial charge in [0, 0.05) is 25.3 Å². The number of alkyl halides is 3. The number of amides is 1. The first-order valence-corrected chi connectivity index (χ1v) is 13.6. The van der Waals surface area contributed by atoms with Crippen molar-refractivity contribution in [2.45, 2.75) is 56.5 Å². The number of nitrogens with zero attached hydrogens (tertiary/aromatic N) is 2. The van der Waals surface area contributed by atoms with Crippen LogP contribution >= 0.6 is 11.6 Å². The van der Waals surface area contributed by atoms with Crippen molar-refractivity contribution in [2.75, 3.05) is 37.6 Å². The van der Waals surface area contributed by atoms with Crippen molar-refractivity contribution in [2.24, 2.45) is 5.92 Å². The fourth-order valence-electron chi connectivity index (χ4n) is 5.23. The Labute approximate surface area is 225 Å². The molecule has 2 aromatic carbocycles. The number of hydrogen-bond acceptors (Lipinski definition) is 5. The molecule has 2 saturated heterocycles. The summed E-state index contributed by atoms with van der Waals surface area (Å²) in [4.78, 5) is 17.5. The minimum absolute atomic E-state index is 0.164. The third-order valence-corrected chi connectivity index (χ3v) is 7.89. The van der Waals surface area contributed by atoms with E-state index in [1.165, 1.54) is 12.1 Å². The number of aliphatic hydroxyl groups is 1. The first-order valence-electron chi connectivity index (χ1n) is 13.3. The highest BCUT2D eigenvalue weighted by atomic mass is 35.5. The average molecular weight is 552 g/mol. The van der Waals surface area contributed by atoms with Gasteiger partial charge >= 0.3 is 6.18 Å². The summed E-state index contributed by atoms with van der Waals surface area (Å²) >= 11 is 6.44. The van der Waals surface area contributed by atoms with Gasteiger partial charge in [-0.1, -0.05) is 17.7 Å². The molecule has 3 aliphatic rings. The molecule has 38 heavy (non-hydrogen) atoms. The van der Waals surface area contributed by atoms with E-state index in [1.54, 1.807) is 18.2 Å². The number of halogens is 4. The van der Waals surface area contributed by atoms with Gasteiger partial charge in [-0.25, -0.2) is 0 Å². The lowest BCUT2D eigenvalue weighted by molar-refractivity contribution is -0.137. The number of likely N-dealkylation sites (tertiary alicyclic amines) is 1. The van der Waals surface area contributed by atoms with Crippen molar-refractivity contribution in [3.05, 3.63) is 58.6 Å². The molecule has 3 atom stereocenters. The molecule has 2 heterocycles. The molecule has 2 aliphatic heterocycles. The zero-order valence-electron chi connectivity index (χ0n) is 21.1. The molecule has 1 amide bonds. The van der Waals surface area contributed by atoms with Gasteiger partial charge in [0.25, 0.3) is 0 Å². The number of carbonyl (C=O) groups excluding carboxylic acids is 1. The summed E-state index contributed by atoms with van der Waals surface area (Å²) in [6, 6.07) is 9.76. The Morgan fingerprint density at radius 2 is 1.79 bits per heavy atom. The Kier molecular flexibility index (Phi) is 8.07. The molecular formula is C28H33ClF3N3O3. The summed E-state index contributed by atoms with van der Waals surface area (Å²) in [6.07, 6.45) is -0.353. The zero-order valence-corrected chi connectivity index (χ0v) is 21.8. The standard InChI is InChI=1S/C28H33ClF3N3O3/c29-23-15-18(3-10-25(23)38-22-8-9-22)26(36)24(17-34-12-1-2-13-34)33-27(37)19-11-14-35(16-19)21-6-4-20(5-7-21)28(30,31)32/h3-7,10,15,19,22,24,26,36H,1-2,8-9,11-14,16-17H2,(H,33,37). The Morgan fingerprint density at radius 1 is 1.08 bits per heavy atom. The quantitative estimate of drug-likeness (QED) is 0.457. The third kappa shape index (κ3) is 6.55. The molecule has 0 radical (unpaired) electrons. The topological polar surface area (TPSA) is 65.0 Å². The summed E-state index contributed by atoms with van der Waals surface area (Å²) in [5, 5.41) is 14.8.